The lowest BCUT2D eigenvalue weighted by Crippen LogP contribution is -2.16. The minimum atomic E-state index is -4.91. The van der Waals surface area contributed by atoms with Gasteiger partial charge in [0.2, 0.25) is 0 Å². The van der Waals surface area contributed by atoms with E-state index in [2.05, 4.69) is 0 Å². The van der Waals surface area contributed by atoms with Crippen LogP contribution in [-0.4, -0.2) is 11.7 Å². The zero-order chi connectivity index (χ0) is 12.5. The van der Waals surface area contributed by atoms with E-state index in [-0.39, 0.29) is 0 Å². The lowest BCUT2D eigenvalue weighted by molar-refractivity contribution is -0.138. The van der Waals surface area contributed by atoms with Crippen LogP contribution in [0, 0.1) is 5.82 Å². The first-order chi connectivity index (χ1) is 7.29. The molecular formula is C9H4Cl2F4O. The van der Waals surface area contributed by atoms with Crippen molar-refractivity contribution in [1.29, 1.82) is 0 Å². The predicted octanol–water partition coefficient (Wildman–Crippen LogP) is 3.92. The Morgan fingerprint density at radius 2 is 1.88 bits per heavy atom. The summed E-state index contributed by atoms with van der Waals surface area (Å²) >= 11 is 10.4. The van der Waals surface area contributed by atoms with Gasteiger partial charge in [-0.3, -0.25) is 4.79 Å². The Hall–Kier alpha value is -0.810. The van der Waals surface area contributed by atoms with Crippen LogP contribution in [0.3, 0.4) is 0 Å². The summed E-state index contributed by atoms with van der Waals surface area (Å²) in [5.74, 6) is -3.20. The Bertz CT molecular complexity index is 428. The van der Waals surface area contributed by atoms with Crippen LogP contribution in [0.5, 0.6) is 0 Å². The summed E-state index contributed by atoms with van der Waals surface area (Å²) in [5, 5.41) is -0.734. The van der Waals surface area contributed by atoms with Gasteiger partial charge in [0, 0.05) is 0 Å². The SMILES string of the molecule is O=C(CCl)c1c(F)ccc(Cl)c1C(F)(F)F. The van der Waals surface area contributed by atoms with Crippen molar-refractivity contribution in [2.45, 2.75) is 6.18 Å². The largest absolute Gasteiger partial charge is 0.418 e. The summed E-state index contributed by atoms with van der Waals surface area (Å²) in [7, 11) is 0. The fourth-order valence-corrected chi connectivity index (χ4v) is 1.57. The highest BCUT2D eigenvalue weighted by atomic mass is 35.5. The van der Waals surface area contributed by atoms with E-state index in [1.165, 1.54) is 0 Å². The number of Topliss-reactive ketones (excluding diaryl/α,β-unsaturated/α-hetero) is 1. The van der Waals surface area contributed by atoms with E-state index in [4.69, 9.17) is 23.2 Å². The van der Waals surface area contributed by atoms with Crippen molar-refractivity contribution in [3.05, 3.63) is 34.1 Å². The van der Waals surface area contributed by atoms with Gasteiger partial charge < -0.3 is 0 Å². The van der Waals surface area contributed by atoms with Crippen LogP contribution < -0.4 is 0 Å². The van der Waals surface area contributed by atoms with E-state index in [9.17, 15) is 22.4 Å². The molecule has 0 atom stereocenters. The first-order valence-corrected chi connectivity index (χ1v) is 4.84. The second-order valence-electron chi connectivity index (χ2n) is 2.83. The van der Waals surface area contributed by atoms with Gasteiger partial charge >= 0.3 is 6.18 Å². The number of halogens is 6. The number of benzene rings is 1. The summed E-state index contributed by atoms with van der Waals surface area (Å²) in [6.07, 6.45) is -4.91. The Morgan fingerprint density at radius 3 is 2.31 bits per heavy atom. The summed E-state index contributed by atoms with van der Waals surface area (Å²) in [6.45, 7) is 0. The molecule has 0 unspecified atom stereocenters. The second kappa shape index (κ2) is 4.59. The molecule has 0 fully saturated rings. The van der Waals surface area contributed by atoms with Crippen LogP contribution in [0.4, 0.5) is 17.6 Å². The molecule has 0 aromatic heterocycles. The Morgan fingerprint density at radius 1 is 1.31 bits per heavy atom. The Kier molecular flexibility index (Phi) is 3.80. The molecule has 1 aromatic carbocycles. The molecule has 0 heterocycles. The second-order valence-corrected chi connectivity index (χ2v) is 3.51. The molecule has 7 heteroatoms. The van der Waals surface area contributed by atoms with Gasteiger partial charge in [0.05, 0.1) is 22.0 Å². The summed E-state index contributed by atoms with van der Waals surface area (Å²) in [6, 6.07) is 1.43. The topological polar surface area (TPSA) is 17.1 Å². The van der Waals surface area contributed by atoms with Gasteiger partial charge in [-0.05, 0) is 12.1 Å². The maximum atomic E-state index is 13.2. The molecule has 0 N–H and O–H groups in total. The van der Waals surface area contributed by atoms with Gasteiger partial charge in [0.25, 0.3) is 0 Å². The summed E-state index contributed by atoms with van der Waals surface area (Å²) in [5.41, 5.74) is -2.60. The van der Waals surface area contributed by atoms with E-state index in [0.29, 0.717) is 6.07 Å². The van der Waals surface area contributed by atoms with Gasteiger partial charge in [-0.15, -0.1) is 11.6 Å². The van der Waals surface area contributed by atoms with Gasteiger partial charge in [-0.1, -0.05) is 11.6 Å². The van der Waals surface area contributed by atoms with Crippen LogP contribution >= 0.6 is 23.2 Å². The number of hydrogen-bond donors (Lipinski definition) is 0. The molecule has 1 aromatic rings. The van der Waals surface area contributed by atoms with Crippen molar-refractivity contribution >= 4 is 29.0 Å². The Balaban J connectivity index is 3.56. The summed E-state index contributed by atoms with van der Waals surface area (Å²) < 4.78 is 50.8. The lowest BCUT2D eigenvalue weighted by atomic mass is 10.0. The van der Waals surface area contributed by atoms with Crippen LogP contribution in [0.1, 0.15) is 15.9 Å². The molecular weight excluding hydrogens is 271 g/mol. The number of ketones is 1. The van der Waals surface area contributed by atoms with Crippen molar-refractivity contribution in [1.82, 2.24) is 0 Å². The van der Waals surface area contributed by atoms with Crippen molar-refractivity contribution in [3.63, 3.8) is 0 Å². The Labute approximate surface area is 98.0 Å². The van der Waals surface area contributed by atoms with Crippen molar-refractivity contribution < 1.29 is 22.4 Å². The molecule has 1 rings (SSSR count). The van der Waals surface area contributed by atoms with Gasteiger partial charge in [-0.25, -0.2) is 4.39 Å². The monoisotopic (exact) mass is 274 g/mol. The normalized spacial score (nSPS) is 11.6. The first-order valence-electron chi connectivity index (χ1n) is 3.93. The first kappa shape index (κ1) is 13.3. The highest BCUT2D eigenvalue weighted by Crippen LogP contribution is 2.38. The van der Waals surface area contributed by atoms with E-state index < -0.39 is 39.8 Å². The third-order valence-electron chi connectivity index (χ3n) is 1.79. The van der Waals surface area contributed by atoms with Gasteiger partial charge in [0.1, 0.15) is 5.82 Å². The quantitative estimate of drug-likeness (QED) is 0.454. The molecule has 0 bridgehead atoms. The zero-order valence-corrected chi connectivity index (χ0v) is 9.05. The molecule has 88 valence electrons. The fraction of sp³-hybridized carbons (Fsp3) is 0.222. The molecule has 16 heavy (non-hydrogen) atoms. The summed E-state index contributed by atoms with van der Waals surface area (Å²) in [4.78, 5) is 11.1. The molecule has 0 aliphatic rings. The number of carbonyl (C=O) groups is 1. The average molecular weight is 275 g/mol. The third kappa shape index (κ3) is 2.47. The maximum Gasteiger partial charge on any atom is 0.418 e. The zero-order valence-electron chi connectivity index (χ0n) is 7.54. The van der Waals surface area contributed by atoms with Crippen molar-refractivity contribution in [2.75, 3.05) is 5.88 Å². The molecule has 0 spiro atoms. The molecule has 1 nitrogen and oxygen atoms in total. The maximum absolute atomic E-state index is 13.2. The number of carbonyl (C=O) groups excluding carboxylic acids is 1. The number of alkyl halides is 4. The van der Waals surface area contributed by atoms with Crippen LogP contribution in [-0.2, 0) is 6.18 Å². The number of rotatable bonds is 2. The van der Waals surface area contributed by atoms with Crippen molar-refractivity contribution in [3.8, 4) is 0 Å². The minimum Gasteiger partial charge on any atom is -0.293 e. The molecule has 0 amide bonds. The fourth-order valence-electron chi connectivity index (χ4n) is 1.17. The predicted molar refractivity (Wildman–Crippen MR) is 51.5 cm³/mol. The van der Waals surface area contributed by atoms with E-state index in [1.807, 2.05) is 0 Å². The van der Waals surface area contributed by atoms with Crippen molar-refractivity contribution in [2.24, 2.45) is 0 Å². The number of hydrogen-bond acceptors (Lipinski definition) is 1. The highest BCUT2D eigenvalue weighted by molar-refractivity contribution is 6.33. The smallest absolute Gasteiger partial charge is 0.293 e. The van der Waals surface area contributed by atoms with Crippen LogP contribution in [0.2, 0.25) is 5.02 Å². The highest BCUT2D eigenvalue weighted by Gasteiger charge is 2.39. The van der Waals surface area contributed by atoms with Crippen LogP contribution in [0.15, 0.2) is 12.1 Å². The molecule has 0 radical (unpaired) electrons. The van der Waals surface area contributed by atoms with Crippen LogP contribution in [0.25, 0.3) is 0 Å². The molecule has 0 saturated heterocycles. The molecule has 0 aliphatic heterocycles. The van der Waals surface area contributed by atoms with Gasteiger partial charge in [0.15, 0.2) is 5.78 Å². The standard InChI is InChI=1S/C9H4Cl2F4O/c10-3-6(16)7-5(12)2-1-4(11)8(7)9(13,14)15/h1-2H,3H2. The molecule has 0 aliphatic carbocycles. The lowest BCUT2D eigenvalue weighted by Gasteiger charge is -2.13. The van der Waals surface area contributed by atoms with Gasteiger partial charge in [-0.2, -0.15) is 13.2 Å². The van der Waals surface area contributed by atoms with E-state index in [1.54, 1.807) is 0 Å². The van der Waals surface area contributed by atoms with E-state index in [0.717, 1.165) is 6.07 Å². The minimum absolute atomic E-state index is 0.692. The average Bonchev–Trinajstić information content (AvgIpc) is 2.18. The third-order valence-corrected chi connectivity index (χ3v) is 2.35. The molecule has 0 saturated carbocycles. The van der Waals surface area contributed by atoms with E-state index >= 15 is 0 Å².